The van der Waals surface area contributed by atoms with Gasteiger partial charge in [0.1, 0.15) is 6.04 Å². The number of hydrogen-bond acceptors (Lipinski definition) is 5. The van der Waals surface area contributed by atoms with E-state index in [-0.39, 0.29) is 11.8 Å². The molecule has 1 aromatic heterocycles. The lowest BCUT2D eigenvalue weighted by Crippen LogP contribution is -2.54. The molecule has 0 aromatic carbocycles. The summed E-state index contributed by atoms with van der Waals surface area (Å²) in [6, 6.07) is 3.24. The molecule has 160 valence electrons. The molecular formula is C22H33N3O4. The molecule has 3 rings (SSSR count). The molecular weight excluding hydrogens is 370 g/mol. The Labute approximate surface area is 172 Å². The van der Waals surface area contributed by atoms with Crippen LogP contribution in [0.1, 0.15) is 75.5 Å². The van der Waals surface area contributed by atoms with Crippen molar-refractivity contribution in [2.45, 2.75) is 83.2 Å². The van der Waals surface area contributed by atoms with Crippen molar-refractivity contribution >= 4 is 11.9 Å². The van der Waals surface area contributed by atoms with Gasteiger partial charge in [-0.1, -0.05) is 38.2 Å². The van der Waals surface area contributed by atoms with Gasteiger partial charge in [0.05, 0.1) is 5.69 Å². The number of nitrogens with one attached hydrogen (secondary N) is 2. The van der Waals surface area contributed by atoms with Crippen molar-refractivity contribution in [3.63, 3.8) is 0 Å². The maximum atomic E-state index is 12.3. The molecule has 1 atom stereocenters. The molecule has 1 amide bonds. The van der Waals surface area contributed by atoms with Crippen LogP contribution in [0.3, 0.4) is 0 Å². The molecule has 0 spiro atoms. The zero-order chi connectivity index (χ0) is 20.7. The van der Waals surface area contributed by atoms with Gasteiger partial charge in [-0.25, -0.2) is 5.48 Å². The second-order valence-corrected chi connectivity index (χ2v) is 8.62. The van der Waals surface area contributed by atoms with E-state index in [9.17, 15) is 14.7 Å². The summed E-state index contributed by atoms with van der Waals surface area (Å²) in [5, 5.41) is 22.0. The predicted molar refractivity (Wildman–Crippen MR) is 108 cm³/mol. The number of aryl methyl sites for hydroxylation is 1. The number of nitrogens with zero attached hydrogens (tertiary/aromatic N) is 1. The highest BCUT2D eigenvalue weighted by Crippen LogP contribution is 2.51. The Kier molecular flexibility index (Phi) is 7.61. The summed E-state index contributed by atoms with van der Waals surface area (Å²) in [6.45, 7) is 0.419. The van der Waals surface area contributed by atoms with Crippen LogP contribution < -0.4 is 10.8 Å². The van der Waals surface area contributed by atoms with E-state index in [0.717, 1.165) is 49.8 Å². The lowest BCUT2D eigenvalue weighted by molar-refractivity contribution is -0.146. The second-order valence-electron chi connectivity index (χ2n) is 8.62. The van der Waals surface area contributed by atoms with Gasteiger partial charge in [0, 0.05) is 19.2 Å². The van der Waals surface area contributed by atoms with Crippen LogP contribution in [0.5, 0.6) is 0 Å². The predicted octanol–water partition coefficient (Wildman–Crippen LogP) is 3.20. The molecule has 0 aliphatic heterocycles. The third-order valence-corrected chi connectivity index (χ3v) is 6.91. The number of pyridine rings is 1. The largest absolute Gasteiger partial charge is 0.480 e. The highest BCUT2D eigenvalue weighted by molar-refractivity contribution is 5.75. The Morgan fingerprint density at radius 3 is 2.45 bits per heavy atom. The van der Waals surface area contributed by atoms with Crippen molar-refractivity contribution in [2.24, 2.45) is 11.3 Å². The molecule has 2 aliphatic carbocycles. The highest BCUT2D eigenvalue weighted by atomic mass is 16.5. The standard InChI is InChI=1S/C22H33N3O4/c26-19(25-29)11-9-16-8-10-18(23-14-16)15-24-20(21(27)28)22(12-4-1-5-13-22)17-6-2-3-7-17/h8,10,14,17,20,24,29H,1-7,9,11-13,15H2,(H,25,26)(H,27,28)/t20-/m1/s1. The van der Waals surface area contributed by atoms with Gasteiger partial charge in [-0.15, -0.1) is 0 Å². The van der Waals surface area contributed by atoms with Gasteiger partial charge >= 0.3 is 5.97 Å². The third-order valence-electron chi connectivity index (χ3n) is 6.91. The Bertz CT molecular complexity index is 680. The van der Waals surface area contributed by atoms with Crippen LogP contribution in [0.25, 0.3) is 0 Å². The first-order chi connectivity index (χ1) is 14.0. The van der Waals surface area contributed by atoms with Crippen LogP contribution in [0, 0.1) is 11.3 Å². The second kappa shape index (κ2) is 10.2. The van der Waals surface area contributed by atoms with Crippen molar-refractivity contribution in [3.8, 4) is 0 Å². The van der Waals surface area contributed by atoms with Crippen LogP contribution in [-0.2, 0) is 22.6 Å². The smallest absolute Gasteiger partial charge is 0.321 e. The number of carboxylic acid groups (broad SMARTS) is 1. The van der Waals surface area contributed by atoms with Gasteiger partial charge in [-0.05, 0) is 55.1 Å². The fourth-order valence-corrected chi connectivity index (χ4v) is 5.41. The topological polar surface area (TPSA) is 112 Å². The maximum absolute atomic E-state index is 12.3. The SMILES string of the molecule is O=C(CCc1ccc(CN[C@H](C(=O)O)C2(C3CCCC3)CCCCC2)nc1)NO. The van der Waals surface area contributed by atoms with Crippen LogP contribution >= 0.6 is 0 Å². The molecule has 0 saturated heterocycles. The van der Waals surface area contributed by atoms with Gasteiger partial charge in [-0.2, -0.15) is 0 Å². The third kappa shape index (κ3) is 5.34. The quantitative estimate of drug-likeness (QED) is 0.372. The van der Waals surface area contributed by atoms with E-state index in [4.69, 9.17) is 5.21 Å². The van der Waals surface area contributed by atoms with Crippen molar-refractivity contribution < 1.29 is 19.9 Å². The average Bonchev–Trinajstić information content (AvgIpc) is 3.29. The van der Waals surface area contributed by atoms with Crippen LogP contribution in [0.4, 0.5) is 0 Å². The summed E-state index contributed by atoms with van der Waals surface area (Å²) in [7, 11) is 0. The average molecular weight is 404 g/mol. The van der Waals surface area contributed by atoms with Crippen molar-refractivity contribution in [1.82, 2.24) is 15.8 Å². The number of hydroxylamine groups is 1. The lowest BCUT2D eigenvalue weighted by atomic mass is 9.61. The Morgan fingerprint density at radius 2 is 1.86 bits per heavy atom. The summed E-state index contributed by atoms with van der Waals surface area (Å²) >= 11 is 0. The normalized spacial score (nSPS) is 20.3. The lowest BCUT2D eigenvalue weighted by Gasteiger charge is -2.46. The first-order valence-electron chi connectivity index (χ1n) is 10.9. The monoisotopic (exact) mass is 403 g/mol. The number of carbonyl (C=O) groups is 2. The minimum absolute atomic E-state index is 0.141. The fourth-order valence-electron chi connectivity index (χ4n) is 5.41. The first kappa shape index (κ1) is 21.7. The van der Waals surface area contributed by atoms with E-state index in [1.165, 1.54) is 19.3 Å². The van der Waals surface area contributed by atoms with Crippen molar-refractivity contribution in [1.29, 1.82) is 0 Å². The van der Waals surface area contributed by atoms with Crippen LogP contribution in [-0.4, -0.2) is 33.2 Å². The van der Waals surface area contributed by atoms with Gasteiger partial charge in [0.15, 0.2) is 0 Å². The summed E-state index contributed by atoms with van der Waals surface area (Å²) in [5.41, 5.74) is 3.18. The summed E-state index contributed by atoms with van der Waals surface area (Å²) in [4.78, 5) is 27.8. The Morgan fingerprint density at radius 1 is 1.14 bits per heavy atom. The van der Waals surface area contributed by atoms with E-state index in [0.29, 0.717) is 18.9 Å². The molecule has 0 unspecified atom stereocenters. The number of amides is 1. The van der Waals surface area contributed by atoms with E-state index in [1.807, 2.05) is 12.1 Å². The molecule has 29 heavy (non-hydrogen) atoms. The van der Waals surface area contributed by atoms with Crippen molar-refractivity contribution in [3.05, 3.63) is 29.6 Å². The minimum Gasteiger partial charge on any atom is -0.480 e. The number of aromatic nitrogens is 1. The van der Waals surface area contributed by atoms with E-state index < -0.39 is 17.9 Å². The fraction of sp³-hybridized carbons (Fsp3) is 0.682. The number of aliphatic carboxylic acids is 1. The molecule has 0 radical (unpaired) electrons. The molecule has 4 N–H and O–H groups in total. The Hall–Kier alpha value is -1.99. The maximum Gasteiger partial charge on any atom is 0.321 e. The molecule has 2 saturated carbocycles. The van der Waals surface area contributed by atoms with Gasteiger partial charge < -0.3 is 5.11 Å². The first-order valence-corrected chi connectivity index (χ1v) is 10.9. The molecule has 1 heterocycles. The van der Waals surface area contributed by atoms with Gasteiger partial charge in [0.25, 0.3) is 0 Å². The molecule has 2 fully saturated rings. The van der Waals surface area contributed by atoms with E-state index in [1.54, 1.807) is 11.7 Å². The summed E-state index contributed by atoms with van der Waals surface area (Å²) < 4.78 is 0. The van der Waals surface area contributed by atoms with Gasteiger partial charge in [-0.3, -0.25) is 25.1 Å². The molecule has 1 aromatic rings. The number of carbonyl (C=O) groups excluding carboxylic acids is 1. The van der Waals surface area contributed by atoms with Gasteiger partial charge in [0.2, 0.25) is 5.91 Å². The number of rotatable bonds is 9. The van der Waals surface area contributed by atoms with Crippen molar-refractivity contribution in [2.75, 3.05) is 0 Å². The molecule has 0 bridgehead atoms. The number of carboxylic acids is 1. The molecule has 7 nitrogen and oxygen atoms in total. The van der Waals surface area contributed by atoms with E-state index >= 15 is 0 Å². The zero-order valence-electron chi connectivity index (χ0n) is 17.0. The minimum atomic E-state index is -0.745. The summed E-state index contributed by atoms with van der Waals surface area (Å²) in [6.07, 6.45) is 12.6. The number of hydrogen-bond donors (Lipinski definition) is 4. The van der Waals surface area contributed by atoms with Crippen LogP contribution in [0.15, 0.2) is 18.3 Å². The summed E-state index contributed by atoms with van der Waals surface area (Å²) in [5.74, 6) is -0.667. The molecule has 2 aliphatic rings. The molecule has 7 heteroatoms. The zero-order valence-corrected chi connectivity index (χ0v) is 17.0. The van der Waals surface area contributed by atoms with Crippen LogP contribution in [0.2, 0.25) is 0 Å². The highest BCUT2D eigenvalue weighted by Gasteiger charge is 2.49. The van der Waals surface area contributed by atoms with E-state index in [2.05, 4.69) is 10.3 Å². The Balaban J connectivity index is 1.65.